The van der Waals surface area contributed by atoms with Gasteiger partial charge in [-0.05, 0) is 46.6 Å². The Morgan fingerprint density at radius 3 is 2.55 bits per heavy atom. The Balaban J connectivity index is 2.03. The van der Waals surface area contributed by atoms with E-state index < -0.39 is 0 Å². The van der Waals surface area contributed by atoms with Crippen molar-refractivity contribution in [2.75, 3.05) is 7.05 Å². The topological polar surface area (TPSA) is 20.3 Å². The van der Waals surface area contributed by atoms with Crippen molar-refractivity contribution in [1.82, 2.24) is 4.90 Å². The predicted octanol–water partition coefficient (Wildman–Crippen LogP) is 4.74. The van der Waals surface area contributed by atoms with Crippen LogP contribution in [0.1, 0.15) is 23.4 Å². The zero-order valence-electron chi connectivity index (χ0n) is 11.4. The van der Waals surface area contributed by atoms with Gasteiger partial charge in [-0.3, -0.25) is 4.79 Å². The maximum atomic E-state index is 12.2. The van der Waals surface area contributed by atoms with Crippen LogP contribution in [0.15, 0.2) is 52.3 Å². The molecule has 0 fully saturated rings. The van der Waals surface area contributed by atoms with Crippen LogP contribution < -0.4 is 0 Å². The average molecular weight is 350 g/mol. The largest absolute Gasteiger partial charge is 0.335 e. The van der Waals surface area contributed by atoms with Crippen LogP contribution >= 0.6 is 27.3 Å². The maximum absolute atomic E-state index is 12.2. The number of benzene rings is 1. The van der Waals surface area contributed by atoms with Gasteiger partial charge in [-0.2, -0.15) is 0 Å². The van der Waals surface area contributed by atoms with Crippen LogP contribution in [0.3, 0.4) is 0 Å². The van der Waals surface area contributed by atoms with Crippen LogP contribution in [0.2, 0.25) is 0 Å². The lowest BCUT2D eigenvalue weighted by Crippen LogP contribution is -2.27. The standard InChI is InChI=1S/C16H16BrNOS/c1-12(13-6-4-3-5-7-13)18(2)16(19)11-9-14-8-10-15(17)20-14/h3-12H,1-2H3/b11-9+. The first kappa shape index (κ1) is 15.0. The molecule has 0 aliphatic heterocycles. The van der Waals surface area contributed by atoms with Gasteiger partial charge in [0.1, 0.15) is 0 Å². The molecule has 104 valence electrons. The molecule has 0 saturated heterocycles. The van der Waals surface area contributed by atoms with E-state index in [0.29, 0.717) is 0 Å². The number of likely N-dealkylation sites (N-methyl/N-ethyl adjacent to an activating group) is 1. The first-order valence-electron chi connectivity index (χ1n) is 6.33. The minimum absolute atomic E-state index is 0.00544. The molecule has 2 nitrogen and oxygen atoms in total. The molecule has 0 N–H and O–H groups in total. The van der Waals surface area contributed by atoms with Gasteiger partial charge < -0.3 is 4.90 Å². The van der Waals surface area contributed by atoms with Crippen molar-refractivity contribution in [1.29, 1.82) is 0 Å². The molecule has 1 atom stereocenters. The zero-order valence-corrected chi connectivity index (χ0v) is 13.8. The van der Waals surface area contributed by atoms with Crippen molar-refractivity contribution in [3.63, 3.8) is 0 Å². The fourth-order valence-corrected chi connectivity index (χ4v) is 3.16. The summed E-state index contributed by atoms with van der Waals surface area (Å²) >= 11 is 5.02. The molecule has 1 amide bonds. The lowest BCUT2D eigenvalue weighted by molar-refractivity contribution is -0.126. The molecule has 1 aromatic heterocycles. The molecule has 1 heterocycles. The normalized spacial score (nSPS) is 12.6. The highest BCUT2D eigenvalue weighted by Gasteiger charge is 2.14. The molecular formula is C16H16BrNOS. The van der Waals surface area contributed by atoms with Gasteiger partial charge in [-0.15, -0.1) is 11.3 Å². The van der Waals surface area contributed by atoms with Crippen LogP contribution in [0.25, 0.3) is 6.08 Å². The average Bonchev–Trinajstić information content (AvgIpc) is 2.89. The quantitative estimate of drug-likeness (QED) is 0.729. The lowest BCUT2D eigenvalue weighted by atomic mass is 10.1. The fourth-order valence-electron chi connectivity index (χ4n) is 1.83. The van der Waals surface area contributed by atoms with Gasteiger partial charge in [0.2, 0.25) is 5.91 Å². The van der Waals surface area contributed by atoms with Crippen molar-refractivity contribution in [3.8, 4) is 0 Å². The van der Waals surface area contributed by atoms with Crippen molar-refractivity contribution in [2.24, 2.45) is 0 Å². The van der Waals surface area contributed by atoms with Crippen LogP contribution in [0.5, 0.6) is 0 Å². The van der Waals surface area contributed by atoms with Crippen molar-refractivity contribution in [3.05, 3.63) is 62.8 Å². The van der Waals surface area contributed by atoms with E-state index in [-0.39, 0.29) is 11.9 Å². The Kier molecular flexibility index (Phi) is 5.15. The van der Waals surface area contributed by atoms with Crippen molar-refractivity contribution < 1.29 is 4.79 Å². The summed E-state index contributed by atoms with van der Waals surface area (Å²) in [5, 5.41) is 0. The van der Waals surface area contributed by atoms with Crippen LogP contribution in [-0.4, -0.2) is 17.9 Å². The number of carbonyl (C=O) groups excluding carboxylic acids is 1. The highest BCUT2D eigenvalue weighted by molar-refractivity contribution is 9.11. The molecule has 1 unspecified atom stereocenters. The Morgan fingerprint density at radius 1 is 1.25 bits per heavy atom. The number of hydrogen-bond donors (Lipinski definition) is 0. The number of nitrogens with zero attached hydrogens (tertiary/aromatic N) is 1. The van der Waals surface area contributed by atoms with E-state index in [1.807, 2.05) is 62.5 Å². The molecular weight excluding hydrogens is 334 g/mol. The first-order valence-corrected chi connectivity index (χ1v) is 7.94. The minimum Gasteiger partial charge on any atom is -0.335 e. The van der Waals surface area contributed by atoms with Gasteiger partial charge in [0.05, 0.1) is 9.83 Å². The number of rotatable bonds is 4. The molecule has 20 heavy (non-hydrogen) atoms. The molecule has 0 aliphatic carbocycles. The molecule has 0 bridgehead atoms. The van der Waals surface area contributed by atoms with Gasteiger partial charge in [0.25, 0.3) is 0 Å². The van der Waals surface area contributed by atoms with Gasteiger partial charge in [0.15, 0.2) is 0 Å². The van der Waals surface area contributed by atoms with E-state index in [4.69, 9.17) is 0 Å². The number of halogens is 1. The highest BCUT2D eigenvalue weighted by Crippen LogP contribution is 2.23. The summed E-state index contributed by atoms with van der Waals surface area (Å²) in [6.45, 7) is 2.03. The van der Waals surface area contributed by atoms with E-state index >= 15 is 0 Å². The second-order valence-electron chi connectivity index (χ2n) is 4.51. The van der Waals surface area contributed by atoms with Gasteiger partial charge in [0, 0.05) is 18.0 Å². The van der Waals surface area contributed by atoms with E-state index in [2.05, 4.69) is 15.9 Å². The molecule has 0 spiro atoms. The highest BCUT2D eigenvalue weighted by atomic mass is 79.9. The molecule has 2 aromatic rings. The van der Waals surface area contributed by atoms with Crippen molar-refractivity contribution >= 4 is 39.2 Å². The molecule has 1 aromatic carbocycles. The Hall–Kier alpha value is -1.39. The molecule has 0 saturated carbocycles. The molecule has 2 rings (SSSR count). The van der Waals surface area contributed by atoms with Gasteiger partial charge >= 0.3 is 0 Å². The number of amides is 1. The number of thiophene rings is 1. The van der Waals surface area contributed by atoms with Crippen LogP contribution in [-0.2, 0) is 4.79 Å². The number of hydrogen-bond acceptors (Lipinski definition) is 2. The zero-order chi connectivity index (χ0) is 14.5. The second-order valence-corrected chi connectivity index (χ2v) is 7.01. The summed E-state index contributed by atoms with van der Waals surface area (Å²) in [7, 11) is 1.83. The number of carbonyl (C=O) groups is 1. The van der Waals surface area contributed by atoms with Crippen molar-refractivity contribution in [2.45, 2.75) is 13.0 Å². The molecule has 0 aliphatic rings. The van der Waals surface area contributed by atoms with Gasteiger partial charge in [-0.25, -0.2) is 0 Å². The molecule has 0 radical (unpaired) electrons. The second kappa shape index (κ2) is 6.86. The Bertz CT molecular complexity index is 606. The summed E-state index contributed by atoms with van der Waals surface area (Å²) in [5.74, 6) is 0.00544. The third kappa shape index (κ3) is 3.81. The minimum atomic E-state index is 0.00544. The van der Waals surface area contributed by atoms with E-state index in [0.717, 1.165) is 14.2 Å². The first-order chi connectivity index (χ1) is 9.58. The van der Waals surface area contributed by atoms with E-state index in [1.54, 1.807) is 22.3 Å². The Labute approximate surface area is 131 Å². The summed E-state index contributed by atoms with van der Waals surface area (Å²) in [6.07, 6.45) is 3.48. The predicted molar refractivity (Wildman–Crippen MR) is 88.7 cm³/mol. The summed E-state index contributed by atoms with van der Waals surface area (Å²) in [5.41, 5.74) is 1.13. The summed E-state index contributed by atoms with van der Waals surface area (Å²) in [4.78, 5) is 15.0. The lowest BCUT2D eigenvalue weighted by Gasteiger charge is -2.24. The fraction of sp³-hybridized carbons (Fsp3) is 0.188. The van der Waals surface area contributed by atoms with E-state index in [9.17, 15) is 4.79 Å². The SMILES string of the molecule is CC(c1ccccc1)N(C)C(=O)/C=C/c1ccc(Br)s1. The summed E-state index contributed by atoms with van der Waals surface area (Å²) in [6, 6.07) is 14.1. The summed E-state index contributed by atoms with van der Waals surface area (Å²) < 4.78 is 1.07. The van der Waals surface area contributed by atoms with E-state index in [1.165, 1.54) is 0 Å². The smallest absolute Gasteiger partial charge is 0.246 e. The van der Waals surface area contributed by atoms with Crippen LogP contribution in [0, 0.1) is 0 Å². The maximum Gasteiger partial charge on any atom is 0.246 e. The Morgan fingerprint density at radius 2 is 1.95 bits per heavy atom. The van der Waals surface area contributed by atoms with Gasteiger partial charge in [-0.1, -0.05) is 30.3 Å². The molecule has 4 heteroatoms. The van der Waals surface area contributed by atoms with Crippen LogP contribution in [0.4, 0.5) is 0 Å². The third-order valence-electron chi connectivity index (χ3n) is 3.19. The monoisotopic (exact) mass is 349 g/mol. The third-order valence-corrected chi connectivity index (χ3v) is 4.78.